The molecule has 2 N–H and O–H groups in total. The van der Waals surface area contributed by atoms with E-state index in [2.05, 4.69) is 0 Å². The highest BCUT2D eigenvalue weighted by Crippen LogP contribution is 2.25. The van der Waals surface area contributed by atoms with Crippen LogP contribution >= 0.6 is 11.6 Å². The molecule has 0 amide bonds. The molecule has 2 aromatic rings. The van der Waals surface area contributed by atoms with Gasteiger partial charge in [0.05, 0.1) is 16.1 Å². The third-order valence-electron chi connectivity index (χ3n) is 2.89. The van der Waals surface area contributed by atoms with Gasteiger partial charge < -0.3 is 19.7 Å². The van der Waals surface area contributed by atoms with E-state index in [0.29, 0.717) is 11.5 Å². The van der Waals surface area contributed by atoms with E-state index in [-0.39, 0.29) is 29.4 Å². The van der Waals surface area contributed by atoms with Gasteiger partial charge >= 0.3 is 11.9 Å². The minimum atomic E-state index is -1.06. The molecule has 120 valence electrons. The second kappa shape index (κ2) is 7.51. The third kappa shape index (κ3) is 4.62. The Morgan fingerprint density at radius 3 is 2.00 bits per heavy atom. The van der Waals surface area contributed by atoms with Gasteiger partial charge in [0.1, 0.15) is 24.7 Å². The van der Waals surface area contributed by atoms with Crippen molar-refractivity contribution in [3.8, 4) is 11.5 Å². The number of aromatic carboxylic acids is 2. The Morgan fingerprint density at radius 1 is 0.870 bits per heavy atom. The van der Waals surface area contributed by atoms with Gasteiger partial charge in [-0.3, -0.25) is 0 Å². The molecule has 0 radical (unpaired) electrons. The zero-order chi connectivity index (χ0) is 16.8. The number of halogens is 1. The molecule has 6 nitrogen and oxygen atoms in total. The molecule has 0 aliphatic heterocycles. The summed E-state index contributed by atoms with van der Waals surface area (Å²) >= 11 is 5.93. The van der Waals surface area contributed by atoms with Crippen molar-refractivity contribution in [1.29, 1.82) is 0 Å². The van der Waals surface area contributed by atoms with E-state index in [1.165, 1.54) is 30.3 Å². The lowest BCUT2D eigenvalue weighted by Gasteiger charge is -2.10. The Balaban J connectivity index is 1.83. The van der Waals surface area contributed by atoms with Gasteiger partial charge in [-0.2, -0.15) is 0 Å². The Hall–Kier alpha value is -2.73. The standard InChI is InChI=1S/C16H13ClO6/c17-13-9-11(16(20)21)3-6-14(13)23-8-7-22-12-4-1-10(2-5-12)15(18)19/h1-6,9H,7-8H2,(H,18,19)(H,20,21). The number of carboxylic acids is 2. The molecule has 2 rings (SSSR count). The molecule has 0 atom stereocenters. The number of ether oxygens (including phenoxy) is 2. The molecule has 2 aromatic carbocycles. The Bertz CT molecular complexity index is 711. The normalized spacial score (nSPS) is 10.1. The highest BCUT2D eigenvalue weighted by atomic mass is 35.5. The monoisotopic (exact) mass is 336 g/mol. The molecular weight excluding hydrogens is 324 g/mol. The Morgan fingerprint density at radius 2 is 1.43 bits per heavy atom. The number of carboxylic acid groups (broad SMARTS) is 2. The van der Waals surface area contributed by atoms with Gasteiger partial charge in [-0.05, 0) is 42.5 Å². The average molecular weight is 337 g/mol. The summed E-state index contributed by atoms with van der Waals surface area (Å²) < 4.78 is 10.8. The van der Waals surface area contributed by atoms with E-state index < -0.39 is 11.9 Å². The molecule has 0 heterocycles. The maximum Gasteiger partial charge on any atom is 0.335 e. The maximum absolute atomic E-state index is 10.8. The molecule has 0 saturated carbocycles. The molecule has 7 heteroatoms. The van der Waals surface area contributed by atoms with Gasteiger partial charge in [-0.25, -0.2) is 9.59 Å². The number of hydrogen-bond donors (Lipinski definition) is 2. The number of benzene rings is 2. The van der Waals surface area contributed by atoms with Gasteiger partial charge in [0.2, 0.25) is 0 Å². The summed E-state index contributed by atoms with van der Waals surface area (Å²) in [6.45, 7) is 0.427. The van der Waals surface area contributed by atoms with Crippen LogP contribution in [0.5, 0.6) is 11.5 Å². The predicted octanol–water partition coefficient (Wildman–Crippen LogP) is 3.19. The molecule has 0 aromatic heterocycles. The molecule has 0 aliphatic rings. The fourth-order valence-corrected chi connectivity index (χ4v) is 1.99. The first-order valence-electron chi connectivity index (χ1n) is 6.59. The van der Waals surface area contributed by atoms with Crippen LogP contribution in [0.1, 0.15) is 20.7 Å². The topological polar surface area (TPSA) is 93.1 Å². The second-order valence-corrected chi connectivity index (χ2v) is 4.88. The summed E-state index contributed by atoms with van der Waals surface area (Å²) in [5, 5.41) is 17.8. The van der Waals surface area contributed by atoms with Crippen LogP contribution in [0, 0.1) is 0 Å². The van der Waals surface area contributed by atoms with E-state index in [0.717, 1.165) is 0 Å². The van der Waals surface area contributed by atoms with Gasteiger partial charge in [0.25, 0.3) is 0 Å². The largest absolute Gasteiger partial charge is 0.490 e. The smallest absolute Gasteiger partial charge is 0.335 e. The number of hydrogen-bond acceptors (Lipinski definition) is 4. The fraction of sp³-hybridized carbons (Fsp3) is 0.125. The maximum atomic E-state index is 10.8. The lowest BCUT2D eigenvalue weighted by Crippen LogP contribution is -2.09. The van der Waals surface area contributed by atoms with Crippen molar-refractivity contribution < 1.29 is 29.3 Å². The third-order valence-corrected chi connectivity index (χ3v) is 3.19. The zero-order valence-corrected chi connectivity index (χ0v) is 12.6. The van der Waals surface area contributed by atoms with Crippen LogP contribution < -0.4 is 9.47 Å². The van der Waals surface area contributed by atoms with Crippen molar-refractivity contribution >= 4 is 23.5 Å². The van der Waals surface area contributed by atoms with Gasteiger partial charge in [-0.15, -0.1) is 0 Å². The first kappa shape index (κ1) is 16.6. The first-order chi connectivity index (χ1) is 11.0. The molecule has 0 unspecified atom stereocenters. The molecule has 0 fully saturated rings. The van der Waals surface area contributed by atoms with E-state index in [1.807, 2.05) is 0 Å². The molecule has 0 saturated heterocycles. The van der Waals surface area contributed by atoms with Gasteiger partial charge in [0, 0.05) is 0 Å². The van der Waals surface area contributed by atoms with E-state index in [1.54, 1.807) is 12.1 Å². The van der Waals surface area contributed by atoms with Crippen molar-refractivity contribution in [2.24, 2.45) is 0 Å². The highest BCUT2D eigenvalue weighted by Gasteiger charge is 2.08. The summed E-state index contributed by atoms with van der Waals surface area (Å²) in [4.78, 5) is 21.5. The summed E-state index contributed by atoms with van der Waals surface area (Å²) in [6, 6.07) is 10.2. The molecule has 0 aliphatic carbocycles. The summed E-state index contributed by atoms with van der Waals surface area (Å²) in [5.41, 5.74) is 0.260. The predicted molar refractivity (Wildman–Crippen MR) is 82.8 cm³/mol. The van der Waals surface area contributed by atoms with E-state index in [4.69, 9.17) is 31.3 Å². The molecule has 0 bridgehead atoms. The van der Waals surface area contributed by atoms with Crippen LogP contribution in [0.25, 0.3) is 0 Å². The average Bonchev–Trinajstić information content (AvgIpc) is 2.53. The van der Waals surface area contributed by atoms with E-state index >= 15 is 0 Å². The van der Waals surface area contributed by atoms with Crippen LogP contribution in [0.4, 0.5) is 0 Å². The van der Waals surface area contributed by atoms with Gasteiger partial charge in [-0.1, -0.05) is 11.6 Å². The molecular formula is C16H13ClO6. The highest BCUT2D eigenvalue weighted by molar-refractivity contribution is 6.32. The van der Waals surface area contributed by atoms with E-state index in [9.17, 15) is 9.59 Å². The van der Waals surface area contributed by atoms with Crippen molar-refractivity contribution in [3.63, 3.8) is 0 Å². The van der Waals surface area contributed by atoms with Crippen LogP contribution in [0.15, 0.2) is 42.5 Å². The molecule has 0 spiro atoms. The van der Waals surface area contributed by atoms with Crippen LogP contribution in [0.2, 0.25) is 5.02 Å². The molecule has 23 heavy (non-hydrogen) atoms. The van der Waals surface area contributed by atoms with Crippen molar-refractivity contribution in [1.82, 2.24) is 0 Å². The van der Waals surface area contributed by atoms with Crippen LogP contribution in [-0.2, 0) is 0 Å². The zero-order valence-electron chi connectivity index (χ0n) is 11.9. The summed E-state index contributed by atoms with van der Waals surface area (Å²) in [6.07, 6.45) is 0. The SMILES string of the molecule is O=C(O)c1ccc(OCCOc2ccc(C(=O)O)cc2Cl)cc1. The first-order valence-corrected chi connectivity index (χ1v) is 6.97. The summed E-state index contributed by atoms with van der Waals surface area (Å²) in [7, 11) is 0. The minimum Gasteiger partial charge on any atom is -0.490 e. The van der Waals surface area contributed by atoms with Crippen LogP contribution in [-0.4, -0.2) is 35.4 Å². The van der Waals surface area contributed by atoms with Crippen molar-refractivity contribution in [2.45, 2.75) is 0 Å². The Labute approximate surface area is 136 Å². The number of rotatable bonds is 7. The lowest BCUT2D eigenvalue weighted by atomic mass is 10.2. The van der Waals surface area contributed by atoms with Crippen molar-refractivity contribution in [3.05, 3.63) is 58.6 Å². The quantitative estimate of drug-likeness (QED) is 0.754. The second-order valence-electron chi connectivity index (χ2n) is 4.48. The minimum absolute atomic E-state index is 0.0807. The fourth-order valence-electron chi connectivity index (χ4n) is 1.76. The lowest BCUT2D eigenvalue weighted by molar-refractivity contribution is 0.0686. The van der Waals surface area contributed by atoms with Crippen LogP contribution in [0.3, 0.4) is 0 Å². The Kier molecular flexibility index (Phi) is 5.43. The van der Waals surface area contributed by atoms with Crippen molar-refractivity contribution in [2.75, 3.05) is 13.2 Å². The van der Waals surface area contributed by atoms with Gasteiger partial charge in [0.15, 0.2) is 0 Å². The summed E-state index contributed by atoms with van der Waals surface area (Å²) in [5.74, 6) is -1.18. The number of carbonyl (C=O) groups is 2.